The van der Waals surface area contributed by atoms with E-state index in [9.17, 15) is 4.79 Å². The summed E-state index contributed by atoms with van der Waals surface area (Å²) in [5, 5.41) is 3.96. The van der Waals surface area contributed by atoms with Crippen LogP contribution in [0.3, 0.4) is 0 Å². The van der Waals surface area contributed by atoms with E-state index in [0.717, 1.165) is 46.3 Å². The SMILES string of the molecule is Cc1cc(C)cc(CC(=O)Nc2ccc(SCC3OCCO3)nc2N2CCOCC2)c1. The van der Waals surface area contributed by atoms with Crippen LogP contribution in [-0.4, -0.2) is 62.5 Å². The Balaban J connectivity index is 1.48. The van der Waals surface area contributed by atoms with Crippen molar-refractivity contribution < 1.29 is 19.0 Å². The van der Waals surface area contributed by atoms with Crippen LogP contribution in [0.1, 0.15) is 16.7 Å². The second-order valence-electron chi connectivity index (χ2n) is 7.82. The summed E-state index contributed by atoms with van der Waals surface area (Å²) in [7, 11) is 0. The Morgan fingerprint density at radius 1 is 1.10 bits per heavy atom. The molecular formula is C23H29N3O4S. The summed E-state index contributed by atoms with van der Waals surface area (Å²) in [5.41, 5.74) is 4.07. The van der Waals surface area contributed by atoms with Gasteiger partial charge in [-0.15, -0.1) is 11.8 Å². The van der Waals surface area contributed by atoms with Crippen molar-refractivity contribution in [2.24, 2.45) is 0 Å². The third kappa shape index (κ3) is 6.20. The number of carbonyl (C=O) groups excluding carboxylic acids is 1. The first-order chi connectivity index (χ1) is 15.1. The molecule has 0 spiro atoms. The van der Waals surface area contributed by atoms with Crippen molar-refractivity contribution in [2.75, 3.05) is 55.5 Å². The van der Waals surface area contributed by atoms with Gasteiger partial charge in [-0.3, -0.25) is 4.79 Å². The van der Waals surface area contributed by atoms with Crippen LogP contribution < -0.4 is 10.2 Å². The van der Waals surface area contributed by atoms with E-state index in [2.05, 4.69) is 28.4 Å². The number of amides is 1. The predicted octanol–water partition coefficient (Wildman–Crippen LogP) is 3.18. The quantitative estimate of drug-likeness (QED) is 0.659. The molecule has 1 amide bonds. The molecule has 31 heavy (non-hydrogen) atoms. The highest BCUT2D eigenvalue weighted by Gasteiger charge is 2.20. The zero-order valence-electron chi connectivity index (χ0n) is 18.1. The first-order valence-corrected chi connectivity index (χ1v) is 11.6. The van der Waals surface area contributed by atoms with E-state index in [1.807, 2.05) is 26.0 Å². The summed E-state index contributed by atoms with van der Waals surface area (Å²) in [6, 6.07) is 10.1. The second kappa shape index (κ2) is 10.5. The van der Waals surface area contributed by atoms with Gasteiger partial charge in [-0.05, 0) is 31.5 Å². The van der Waals surface area contributed by atoms with Crippen molar-refractivity contribution in [1.29, 1.82) is 0 Å². The fraction of sp³-hybridized carbons (Fsp3) is 0.478. The molecule has 166 valence electrons. The van der Waals surface area contributed by atoms with E-state index in [1.54, 1.807) is 11.8 Å². The number of rotatable bonds is 7. The number of thioether (sulfide) groups is 1. The molecule has 1 aromatic heterocycles. The Kier molecular flexibility index (Phi) is 7.45. The summed E-state index contributed by atoms with van der Waals surface area (Å²) in [6.45, 7) is 8.18. The molecule has 8 heteroatoms. The number of hydrogen-bond donors (Lipinski definition) is 1. The number of aromatic nitrogens is 1. The molecule has 2 aromatic rings. The maximum absolute atomic E-state index is 12.8. The molecule has 0 radical (unpaired) electrons. The molecule has 7 nitrogen and oxygen atoms in total. The summed E-state index contributed by atoms with van der Waals surface area (Å²) >= 11 is 1.60. The topological polar surface area (TPSA) is 72.9 Å². The molecule has 2 fully saturated rings. The van der Waals surface area contributed by atoms with Crippen LogP contribution in [-0.2, 0) is 25.4 Å². The number of pyridine rings is 1. The van der Waals surface area contributed by atoms with Gasteiger partial charge in [0.2, 0.25) is 5.91 Å². The Morgan fingerprint density at radius 2 is 1.81 bits per heavy atom. The molecule has 0 atom stereocenters. The number of carbonyl (C=O) groups is 1. The lowest BCUT2D eigenvalue weighted by Crippen LogP contribution is -2.37. The van der Waals surface area contributed by atoms with Crippen molar-refractivity contribution in [3.8, 4) is 0 Å². The number of nitrogens with zero attached hydrogens (tertiary/aromatic N) is 2. The van der Waals surface area contributed by atoms with Gasteiger partial charge in [0.15, 0.2) is 12.1 Å². The van der Waals surface area contributed by atoms with Crippen molar-refractivity contribution >= 4 is 29.2 Å². The summed E-state index contributed by atoms with van der Waals surface area (Å²) in [4.78, 5) is 19.8. The maximum Gasteiger partial charge on any atom is 0.228 e. The lowest BCUT2D eigenvalue weighted by molar-refractivity contribution is -0.115. The lowest BCUT2D eigenvalue weighted by Gasteiger charge is -2.29. The van der Waals surface area contributed by atoms with E-state index in [0.29, 0.717) is 38.6 Å². The number of benzene rings is 1. The molecule has 0 saturated carbocycles. The highest BCUT2D eigenvalue weighted by Crippen LogP contribution is 2.29. The van der Waals surface area contributed by atoms with Crippen LogP contribution >= 0.6 is 11.8 Å². The van der Waals surface area contributed by atoms with Crippen LogP contribution in [0.4, 0.5) is 11.5 Å². The first-order valence-electron chi connectivity index (χ1n) is 10.6. The van der Waals surface area contributed by atoms with Crippen molar-refractivity contribution in [3.05, 3.63) is 47.0 Å². The van der Waals surface area contributed by atoms with Gasteiger partial charge in [-0.25, -0.2) is 4.98 Å². The average Bonchev–Trinajstić information content (AvgIpc) is 3.26. The fourth-order valence-electron chi connectivity index (χ4n) is 3.83. The predicted molar refractivity (Wildman–Crippen MR) is 122 cm³/mol. The third-order valence-corrected chi connectivity index (χ3v) is 6.10. The molecule has 3 heterocycles. The standard InChI is InChI=1S/C23H29N3O4S/c1-16-11-17(2)13-18(12-16)14-20(27)24-19-3-4-21(31-15-22-29-9-10-30-22)25-23(19)26-5-7-28-8-6-26/h3-4,11-13,22H,5-10,14-15H2,1-2H3,(H,24,27). The molecule has 2 saturated heterocycles. The average molecular weight is 444 g/mol. The van der Waals surface area contributed by atoms with E-state index in [4.69, 9.17) is 19.2 Å². The molecule has 0 unspecified atom stereocenters. The number of morpholine rings is 1. The maximum atomic E-state index is 12.8. The molecule has 2 aliphatic rings. The van der Waals surface area contributed by atoms with Crippen LogP contribution in [0.15, 0.2) is 35.4 Å². The highest BCUT2D eigenvalue weighted by atomic mass is 32.2. The van der Waals surface area contributed by atoms with Crippen molar-refractivity contribution in [1.82, 2.24) is 4.98 Å². The van der Waals surface area contributed by atoms with E-state index < -0.39 is 0 Å². The highest BCUT2D eigenvalue weighted by molar-refractivity contribution is 7.99. The minimum atomic E-state index is -0.184. The molecule has 1 aromatic carbocycles. The molecule has 2 aliphatic heterocycles. The molecule has 1 N–H and O–H groups in total. The Morgan fingerprint density at radius 3 is 2.52 bits per heavy atom. The van der Waals surface area contributed by atoms with Gasteiger partial charge in [0, 0.05) is 13.1 Å². The number of anilines is 2. The number of ether oxygens (including phenoxy) is 3. The van der Waals surface area contributed by atoms with E-state index >= 15 is 0 Å². The molecule has 0 bridgehead atoms. The second-order valence-corrected chi connectivity index (χ2v) is 8.86. The largest absolute Gasteiger partial charge is 0.378 e. The summed E-state index contributed by atoms with van der Waals surface area (Å²) in [5.74, 6) is 1.43. The molecular weight excluding hydrogens is 414 g/mol. The van der Waals surface area contributed by atoms with Gasteiger partial charge in [0.25, 0.3) is 0 Å². The van der Waals surface area contributed by atoms with Gasteiger partial charge in [-0.2, -0.15) is 0 Å². The summed E-state index contributed by atoms with van der Waals surface area (Å²) < 4.78 is 16.5. The Labute approximate surface area is 187 Å². The normalized spacial score (nSPS) is 17.2. The van der Waals surface area contributed by atoms with Gasteiger partial charge in [-0.1, -0.05) is 29.3 Å². The molecule has 4 rings (SSSR count). The van der Waals surface area contributed by atoms with Crippen molar-refractivity contribution in [3.63, 3.8) is 0 Å². The Hall–Kier alpha value is -2.13. The fourth-order valence-corrected chi connectivity index (χ4v) is 4.65. The van der Waals surface area contributed by atoms with Gasteiger partial charge in [0.1, 0.15) is 0 Å². The zero-order chi connectivity index (χ0) is 21.6. The smallest absolute Gasteiger partial charge is 0.228 e. The number of nitrogens with one attached hydrogen (secondary N) is 1. The van der Waals surface area contributed by atoms with Gasteiger partial charge < -0.3 is 24.4 Å². The minimum absolute atomic E-state index is 0.0468. The first kappa shape index (κ1) is 22.1. The molecule has 0 aliphatic carbocycles. The number of hydrogen-bond acceptors (Lipinski definition) is 7. The van der Waals surface area contributed by atoms with Crippen LogP contribution in [0, 0.1) is 13.8 Å². The van der Waals surface area contributed by atoms with Gasteiger partial charge in [0.05, 0.1) is 49.3 Å². The lowest BCUT2D eigenvalue weighted by atomic mass is 10.0. The zero-order valence-corrected chi connectivity index (χ0v) is 18.9. The van der Waals surface area contributed by atoms with Crippen molar-refractivity contribution in [2.45, 2.75) is 31.6 Å². The van der Waals surface area contributed by atoms with Crippen LogP contribution in [0.2, 0.25) is 0 Å². The monoisotopic (exact) mass is 443 g/mol. The summed E-state index contributed by atoms with van der Waals surface area (Å²) in [6.07, 6.45) is 0.147. The van der Waals surface area contributed by atoms with Gasteiger partial charge >= 0.3 is 0 Å². The van der Waals surface area contributed by atoms with Crippen LogP contribution in [0.5, 0.6) is 0 Å². The minimum Gasteiger partial charge on any atom is -0.378 e. The van der Waals surface area contributed by atoms with E-state index in [1.165, 1.54) is 0 Å². The Bertz CT molecular complexity index is 891. The third-order valence-electron chi connectivity index (χ3n) is 5.14. The number of aryl methyl sites for hydroxylation is 2. The van der Waals surface area contributed by atoms with E-state index in [-0.39, 0.29) is 12.2 Å². The van der Waals surface area contributed by atoms with Crippen LogP contribution in [0.25, 0.3) is 0 Å².